The van der Waals surface area contributed by atoms with Crippen molar-refractivity contribution in [1.29, 1.82) is 5.26 Å². The number of nitrogens with zero attached hydrogens (tertiary/aromatic N) is 2. The lowest BCUT2D eigenvalue weighted by Gasteiger charge is -2.45. The lowest BCUT2D eigenvalue weighted by molar-refractivity contribution is 0.111. The van der Waals surface area contributed by atoms with Gasteiger partial charge in [0.05, 0.1) is 5.56 Å². The Bertz CT molecular complexity index is 620. The summed E-state index contributed by atoms with van der Waals surface area (Å²) in [6.45, 7) is 1.32. The smallest absolute Gasteiger partial charge is 0.407 e. The Labute approximate surface area is 131 Å². The molecule has 1 saturated carbocycles. The van der Waals surface area contributed by atoms with Crippen molar-refractivity contribution in [2.24, 2.45) is 5.41 Å². The quantitative estimate of drug-likeness (QED) is 0.858. The minimum atomic E-state index is -0.806. The molecule has 2 aliphatic rings. The molecule has 1 aliphatic heterocycles. The number of carbonyl (C=O) groups is 1. The molecule has 1 aliphatic carbocycles. The Morgan fingerprint density at radius 1 is 1.52 bits per heavy atom. The Morgan fingerprint density at radius 3 is 2.86 bits per heavy atom. The summed E-state index contributed by atoms with van der Waals surface area (Å²) in [7, 11) is 0. The van der Waals surface area contributed by atoms with E-state index in [1.54, 1.807) is 6.07 Å². The number of likely N-dealkylation sites (tertiary alicyclic amines) is 1. The van der Waals surface area contributed by atoms with Crippen molar-refractivity contribution in [3.63, 3.8) is 0 Å². The zero-order chi connectivity index (χ0) is 15.0. The maximum atomic E-state index is 11.0. The molecule has 2 N–H and O–H groups in total. The molecule has 3 rings (SSSR count). The number of hydrogen-bond donors (Lipinski definition) is 2. The molecular weight excluding hydrogens is 334 g/mol. The number of nitrogens with one attached hydrogen (secondary N) is 1. The molecule has 1 amide bonds. The number of benzene rings is 1. The van der Waals surface area contributed by atoms with E-state index in [4.69, 9.17) is 10.4 Å². The Morgan fingerprint density at radius 2 is 2.29 bits per heavy atom. The van der Waals surface area contributed by atoms with Gasteiger partial charge in [0.15, 0.2) is 0 Å². The second kappa shape index (κ2) is 5.23. The van der Waals surface area contributed by atoms with Gasteiger partial charge in [-0.2, -0.15) is 5.26 Å². The molecule has 0 bridgehead atoms. The maximum Gasteiger partial charge on any atom is 0.407 e. The van der Waals surface area contributed by atoms with Crippen LogP contribution in [0.5, 0.6) is 0 Å². The van der Waals surface area contributed by atoms with E-state index in [-0.39, 0.29) is 5.41 Å². The fourth-order valence-electron chi connectivity index (χ4n) is 3.45. The molecule has 6 heteroatoms. The van der Waals surface area contributed by atoms with Crippen molar-refractivity contribution in [1.82, 2.24) is 4.90 Å². The average molecular weight is 350 g/mol. The van der Waals surface area contributed by atoms with Crippen LogP contribution in [0.2, 0.25) is 0 Å². The van der Waals surface area contributed by atoms with Crippen molar-refractivity contribution in [2.75, 3.05) is 18.4 Å². The van der Waals surface area contributed by atoms with Gasteiger partial charge in [0.25, 0.3) is 0 Å². The SMILES string of the molecule is N#Cc1ccc(NC2CC3(CCN(C(=O)O)C3)C2)cc1Br. The molecule has 110 valence electrons. The van der Waals surface area contributed by atoms with Crippen molar-refractivity contribution >= 4 is 27.7 Å². The van der Waals surface area contributed by atoms with Gasteiger partial charge in [-0.25, -0.2) is 4.79 Å². The van der Waals surface area contributed by atoms with Gasteiger partial charge < -0.3 is 15.3 Å². The fraction of sp³-hybridized carbons (Fsp3) is 0.467. The molecule has 0 aromatic heterocycles. The lowest BCUT2D eigenvalue weighted by Crippen LogP contribution is -2.47. The molecule has 1 heterocycles. The lowest BCUT2D eigenvalue weighted by atomic mass is 9.65. The van der Waals surface area contributed by atoms with E-state index in [2.05, 4.69) is 27.3 Å². The monoisotopic (exact) mass is 349 g/mol. The van der Waals surface area contributed by atoms with Gasteiger partial charge in [-0.05, 0) is 58.8 Å². The van der Waals surface area contributed by atoms with Crippen LogP contribution in [0.4, 0.5) is 10.5 Å². The highest BCUT2D eigenvalue weighted by Gasteiger charge is 2.49. The third-order valence-corrected chi connectivity index (χ3v) is 5.18. The minimum absolute atomic E-state index is 0.180. The molecule has 1 aromatic rings. The first-order valence-corrected chi connectivity index (χ1v) is 7.75. The third kappa shape index (κ3) is 2.70. The van der Waals surface area contributed by atoms with E-state index in [0.29, 0.717) is 24.7 Å². The number of amides is 1. The van der Waals surface area contributed by atoms with Crippen LogP contribution in [0.15, 0.2) is 22.7 Å². The summed E-state index contributed by atoms with van der Waals surface area (Å²) < 4.78 is 0.793. The van der Waals surface area contributed by atoms with Crippen molar-refractivity contribution in [2.45, 2.75) is 25.3 Å². The summed E-state index contributed by atoms with van der Waals surface area (Å²) in [6.07, 6.45) is 2.18. The number of carboxylic acid groups (broad SMARTS) is 1. The number of hydrogen-bond acceptors (Lipinski definition) is 3. The van der Waals surface area contributed by atoms with Gasteiger partial charge in [0.1, 0.15) is 6.07 Å². The average Bonchev–Trinajstić information content (AvgIpc) is 2.84. The van der Waals surface area contributed by atoms with Gasteiger partial charge in [0, 0.05) is 29.3 Å². The first kappa shape index (κ1) is 14.2. The minimum Gasteiger partial charge on any atom is -0.465 e. The molecule has 2 fully saturated rings. The number of rotatable bonds is 2. The summed E-state index contributed by atoms with van der Waals surface area (Å²) in [5.74, 6) is 0. The molecule has 0 radical (unpaired) electrons. The van der Waals surface area contributed by atoms with Crippen molar-refractivity contribution < 1.29 is 9.90 Å². The van der Waals surface area contributed by atoms with E-state index in [9.17, 15) is 4.79 Å². The first-order valence-electron chi connectivity index (χ1n) is 6.95. The van der Waals surface area contributed by atoms with Crippen LogP contribution in [0, 0.1) is 16.7 Å². The van der Waals surface area contributed by atoms with Gasteiger partial charge in [-0.15, -0.1) is 0 Å². The zero-order valence-electron chi connectivity index (χ0n) is 11.5. The van der Waals surface area contributed by atoms with Crippen LogP contribution < -0.4 is 5.32 Å². The maximum absolute atomic E-state index is 11.0. The van der Waals surface area contributed by atoms with Crippen molar-refractivity contribution in [3.8, 4) is 6.07 Å². The van der Waals surface area contributed by atoms with Gasteiger partial charge >= 0.3 is 6.09 Å². The summed E-state index contributed by atoms with van der Waals surface area (Å²) in [6, 6.07) is 8.13. The molecule has 0 unspecified atom stereocenters. The number of nitriles is 1. The second-order valence-corrected chi connectivity index (χ2v) is 6.86. The van der Waals surface area contributed by atoms with Gasteiger partial charge in [-0.1, -0.05) is 0 Å². The van der Waals surface area contributed by atoms with Crippen LogP contribution in [-0.2, 0) is 0 Å². The van der Waals surface area contributed by atoms with Crippen LogP contribution in [0.25, 0.3) is 0 Å². The van der Waals surface area contributed by atoms with Crippen LogP contribution in [0.1, 0.15) is 24.8 Å². The molecule has 0 atom stereocenters. The highest BCUT2D eigenvalue weighted by molar-refractivity contribution is 9.10. The summed E-state index contributed by atoms with van der Waals surface area (Å²) in [4.78, 5) is 12.5. The highest BCUT2D eigenvalue weighted by Crippen LogP contribution is 2.49. The Hall–Kier alpha value is -1.74. The van der Waals surface area contributed by atoms with E-state index >= 15 is 0 Å². The summed E-state index contributed by atoms with van der Waals surface area (Å²) >= 11 is 3.39. The molecular formula is C15H16BrN3O2. The molecule has 5 nitrogen and oxygen atoms in total. The first-order chi connectivity index (χ1) is 10.0. The molecule has 1 aromatic carbocycles. The van der Waals surface area contributed by atoms with Gasteiger partial charge in [0.2, 0.25) is 0 Å². The number of anilines is 1. The van der Waals surface area contributed by atoms with Crippen LogP contribution in [-0.4, -0.2) is 35.2 Å². The standard InChI is InChI=1S/C15H16BrN3O2/c16-13-5-11(2-1-10(13)8-17)18-12-6-15(7-12)3-4-19(9-15)14(20)21/h1-2,5,12,18H,3-4,6-7,9H2,(H,20,21). The third-order valence-electron chi connectivity index (χ3n) is 4.53. The van der Waals surface area contributed by atoms with Gasteiger partial charge in [-0.3, -0.25) is 0 Å². The fourth-order valence-corrected chi connectivity index (χ4v) is 3.92. The normalized spacial score (nSPS) is 27.2. The Balaban J connectivity index is 1.57. The largest absolute Gasteiger partial charge is 0.465 e. The van der Waals surface area contributed by atoms with E-state index in [1.807, 2.05) is 12.1 Å². The van der Waals surface area contributed by atoms with E-state index < -0.39 is 6.09 Å². The Kier molecular flexibility index (Phi) is 3.54. The predicted octanol–water partition coefficient (Wildman–Crippen LogP) is 3.27. The topological polar surface area (TPSA) is 76.4 Å². The molecule has 1 spiro atoms. The second-order valence-electron chi connectivity index (χ2n) is 6.01. The van der Waals surface area contributed by atoms with Crippen molar-refractivity contribution in [3.05, 3.63) is 28.2 Å². The molecule has 21 heavy (non-hydrogen) atoms. The molecule has 1 saturated heterocycles. The van der Waals surface area contributed by atoms with Crippen LogP contribution in [0.3, 0.4) is 0 Å². The van der Waals surface area contributed by atoms with Crippen LogP contribution >= 0.6 is 15.9 Å². The highest BCUT2D eigenvalue weighted by atomic mass is 79.9. The summed E-state index contributed by atoms with van der Waals surface area (Å²) in [5, 5.41) is 21.4. The summed E-state index contributed by atoms with van der Waals surface area (Å²) in [5.41, 5.74) is 1.80. The van der Waals surface area contributed by atoms with E-state index in [1.165, 1.54) is 4.90 Å². The number of halogens is 1. The predicted molar refractivity (Wildman–Crippen MR) is 82.1 cm³/mol. The zero-order valence-corrected chi connectivity index (χ0v) is 13.1. The van der Waals surface area contributed by atoms with E-state index in [0.717, 1.165) is 29.4 Å².